The zero-order valence-corrected chi connectivity index (χ0v) is 12.3. The standard InChI is InChI=1S/C14H24N4O3/c19-13(3-8-21-12-1-4-15-5-2-12)17-6-7-18-11(10-17)9-16-14(18)20/h11-12,15H,1-10H2,(H,16,20). The summed E-state index contributed by atoms with van der Waals surface area (Å²) in [5.41, 5.74) is 0. The number of rotatable bonds is 4. The van der Waals surface area contributed by atoms with Crippen LogP contribution in [0.1, 0.15) is 19.3 Å². The highest BCUT2D eigenvalue weighted by Crippen LogP contribution is 2.15. The van der Waals surface area contributed by atoms with Crippen LogP contribution in [0.5, 0.6) is 0 Å². The van der Waals surface area contributed by atoms with Gasteiger partial charge in [-0.1, -0.05) is 0 Å². The van der Waals surface area contributed by atoms with E-state index in [1.54, 1.807) is 0 Å². The van der Waals surface area contributed by atoms with Crippen LogP contribution in [-0.2, 0) is 9.53 Å². The van der Waals surface area contributed by atoms with E-state index in [-0.39, 0.29) is 18.0 Å². The van der Waals surface area contributed by atoms with Crippen LogP contribution in [0.3, 0.4) is 0 Å². The molecule has 0 spiro atoms. The van der Waals surface area contributed by atoms with Gasteiger partial charge in [0.15, 0.2) is 0 Å². The molecule has 0 radical (unpaired) electrons. The monoisotopic (exact) mass is 296 g/mol. The SMILES string of the molecule is O=C(CCOC1CCNCC1)N1CCN2C(=O)NCC2C1. The average Bonchev–Trinajstić information content (AvgIpc) is 2.89. The lowest BCUT2D eigenvalue weighted by molar-refractivity contribution is -0.135. The number of carbonyl (C=O) groups excluding carboxylic acids is 2. The smallest absolute Gasteiger partial charge is 0.317 e. The average molecular weight is 296 g/mol. The summed E-state index contributed by atoms with van der Waals surface area (Å²) in [6, 6.07) is 0.141. The van der Waals surface area contributed by atoms with Crippen molar-refractivity contribution in [3.8, 4) is 0 Å². The summed E-state index contributed by atoms with van der Waals surface area (Å²) in [5.74, 6) is 0.142. The number of carbonyl (C=O) groups is 2. The highest BCUT2D eigenvalue weighted by molar-refractivity contribution is 5.79. The number of hydrogen-bond acceptors (Lipinski definition) is 4. The van der Waals surface area contributed by atoms with Gasteiger partial charge in [0.05, 0.1) is 25.2 Å². The number of piperazine rings is 1. The minimum absolute atomic E-state index is 0.00124. The zero-order chi connectivity index (χ0) is 14.7. The first-order valence-corrected chi connectivity index (χ1v) is 7.88. The Morgan fingerprint density at radius 1 is 1.29 bits per heavy atom. The number of amides is 3. The van der Waals surface area contributed by atoms with Gasteiger partial charge in [-0.3, -0.25) is 4.79 Å². The number of hydrogen-bond donors (Lipinski definition) is 2. The topological polar surface area (TPSA) is 73.9 Å². The van der Waals surface area contributed by atoms with Crippen LogP contribution in [0.15, 0.2) is 0 Å². The third-order valence-corrected chi connectivity index (χ3v) is 4.54. The molecule has 0 bridgehead atoms. The van der Waals surface area contributed by atoms with E-state index in [0.717, 1.165) is 25.9 Å². The fraction of sp³-hybridized carbons (Fsp3) is 0.857. The summed E-state index contributed by atoms with van der Waals surface area (Å²) in [6.07, 6.45) is 2.80. The van der Waals surface area contributed by atoms with Crippen molar-refractivity contribution >= 4 is 11.9 Å². The molecule has 0 aromatic rings. The van der Waals surface area contributed by atoms with E-state index in [2.05, 4.69) is 10.6 Å². The van der Waals surface area contributed by atoms with Crippen LogP contribution in [0.4, 0.5) is 4.79 Å². The van der Waals surface area contributed by atoms with Gasteiger partial charge in [-0.25, -0.2) is 4.79 Å². The van der Waals surface area contributed by atoms with Gasteiger partial charge in [-0.2, -0.15) is 0 Å². The second-order valence-corrected chi connectivity index (χ2v) is 5.94. The first kappa shape index (κ1) is 14.6. The van der Waals surface area contributed by atoms with E-state index in [9.17, 15) is 9.59 Å². The van der Waals surface area contributed by atoms with Crippen molar-refractivity contribution in [1.82, 2.24) is 20.4 Å². The molecule has 7 nitrogen and oxygen atoms in total. The fourth-order valence-electron chi connectivity index (χ4n) is 3.26. The molecule has 21 heavy (non-hydrogen) atoms. The van der Waals surface area contributed by atoms with Gasteiger partial charge in [-0.15, -0.1) is 0 Å². The number of fused-ring (bicyclic) bond motifs is 1. The van der Waals surface area contributed by atoms with Gasteiger partial charge in [0.25, 0.3) is 0 Å². The second-order valence-electron chi connectivity index (χ2n) is 5.94. The molecule has 2 N–H and O–H groups in total. The normalized spacial score (nSPS) is 26.7. The van der Waals surface area contributed by atoms with Crippen molar-refractivity contribution < 1.29 is 14.3 Å². The molecule has 3 rings (SSSR count). The molecule has 1 atom stereocenters. The molecular formula is C14H24N4O3. The fourth-order valence-corrected chi connectivity index (χ4v) is 3.26. The van der Waals surface area contributed by atoms with Crippen molar-refractivity contribution in [1.29, 1.82) is 0 Å². The van der Waals surface area contributed by atoms with E-state index >= 15 is 0 Å². The van der Waals surface area contributed by atoms with Crippen LogP contribution in [0.25, 0.3) is 0 Å². The van der Waals surface area contributed by atoms with E-state index in [1.807, 2.05) is 9.80 Å². The molecule has 3 aliphatic heterocycles. The van der Waals surface area contributed by atoms with Crippen molar-refractivity contribution in [3.05, 3.63) is 0 Å². The van der Waals surface area contributed by atoms with E-state index in [4.69, 9.17) is 4.74 Å². The predicted octanol–water partition coefficient (Wildman–Crippen LogP) is -0.619. The number of piperidine rings is 1. The Morgan fingerprint density at radius 3 is 2.90 bits per heavy atom. The molecule has 0 saturated carbocycles. The zero-order valence-electron chi connectivity index (χ0n) is 12.3. The highest BCUT2D eigenvalue weighted by atomic mass is 16.5. The lowest BCUT2D eigenvalue weighted by Crippen LogP contribution is -2.53. The lowest BCUT2D eigenvalue weighted by Gasteiger charge is -2.36. The molecular weight excluding hydrogens is 272 g/mol. The summed E-state index contributed by atoms with van der Waals surface area (Å²) >= 11 is 0. The summed E-state index contributed by atoms with van der Waals surface area (Å²) in [6.45, 7) is 5.07. The number of nitrogens with zero attached hydrogens (tertiary/aromatic N) is 2. The van der Waals surface area contributed by atoms with Crippen LogP contribution < -0.4 is 10.6 Å². The number of ether oxygens (including phenoxy) is 1. The van der Waals surface area contributed by atoms with Gasteiger partial charge in [-0.05, 0) is 25.9 Å². The summed E-state index contributed by atoms with van der Waals surface area (Å²) in [5, 5.41) is 6.12. The van der Waals surface area contributed by atoms with E-state index < -0.39 is 0 Å². The molecule has 0 aromatic carbocycles. The van der Waals surface area contributed by atoms with Gasteiger partial charge in [0.2, 0.25) is 5.91 Å². The Morgan fingerprint density at radius 2 is 2.10 bits per heavy atom. The molecule has 0 aliphatic carbocycles. The van der Waals surface area contributed by atoms with Crippen molar-refractivity contribution in [2.24, 2.45) is 0 Å². The number of nitrogens with one attached hydrogen (secondary N) is 2. The summed E-state index contributed by atoms with van der Waals surface area (Å²) in [7, 11) is 0. The van der Waals surface area contributed by atoms with Gasteiger partial charge in [0, 0.05) is 26.2 Å². The third-order valence-electron chi connectivity index (χ3n) is 4.54. The molecule has 3 aliphatic rings. The maximum Gasteiger partial charge on any atom is 0.317 e. The Hall–Kier alpha value is -1.34. The summed E-state index contributed by atoms with van der Waals surface area (Å²) < 4.78 is 5.78. The molecule has 7 heteroatoms. The van der Waals surface area contributed by atoms with Crippen LogP contribution in [-0.4, -0.2) is 79.8 Å². The molecule has 3 fully saturated rings. The van der Waals surface area contributed by atoms with E-state index in [0.29, 0.717) is 45.3 Å². The Bertz CT molecular complexity index is 398. The van der Waals surface area contributed by atoms with Crippen LogP contribution >= 0.6 is 0 Å². The first-order chi connectivity index (χ1) is 10.2. The largest absolute Gasteiger partial charge is 0.378 e. The molecule has 118 valence electrons. The third kappa shape index (κ3) is 3.47. The van der Waals surface area contributed by atoms with Crippen molar-refractivity contribution in [2.45, 2.75) is 31.4 Å². The maximum atomic E-state index is 12.2. The molecule has 3 heterocycles. The Kier molecular flexibility index (Phi) is 4.60. The first-order valence-electron chi connectivity index (χ1n) is 7.88. The second kappa shape index (κ2) is 6.62. The predicted molar refractivity (Wildman–Crippen MR) is 76.9 cm³/mol. The molecule has 3 saturated heterocycles. The van der Waals surface area contributed by atoms with Crippen molar-refractivity contribution in [2.75, 3.05) is 45.9 Å². The molecule has 3 amide bonds. The molecule has 0 aromatic heterocycles. The van der Waals surface area contributed by atoms with Gasteiger partial charge in [0.1, 0.15) is 0 Å². The maximum absolute atomic E-state index is 12.2. The molecule has 1 unspecified atom stereocenters. The van der Waals surface area contributed by atoms with E-state index in [1.165, 1.54) is 0 Å². The minimum Gasteiger partial charge on any atom is -0.378 e. The quantitative estimate of drug-likeness (QED) is 0.725. The Labute approximate surface area is 125 Å². The van der Waals surface area contributed by atoms with Gasteiger partial charge >= 0.3 is 6.03 Å². The summed E-state index contributed by atoms with van der Waals surface area (Å²) in [4.78, 5) is 27.4. The van der Waals surface area contributed by atoms with Crippen LogP contribution in [0.2, 0.25) is 0 Å². The minimum atomic E-state index is 0.00124. The Balaban J connectivity index is 1.38. The highest BCUT2D eigenvalue weighted by Gasteiger charge is 2.36. The van der Waals surface area contributed by atoms with Gasteiger partial charge < -0.3 is 25.2 Å². The lowest BCUT2D eigenvalue weighted by atomic mass is 10.1. The number of urea groups is 1. The van der Waals surface area contributed by atoms with Crippen molar-refractivity contribution in [3.63, 3.8) is 0 Å². The van der Waals surface area contributed by atoms with Crippen LogP contribution in [0, 0.1) is 0 Å².